The molecule has 0 N–H and O–H groups in total. The molecule has 174 valence electrons. The van der Waals surface area contributed by atoms with Gasteiger partial charge in [-0.1, -0.05) is 12.1 Å². The number of carbonyl (C=O) groups is 4. The first-order chi connectivity index (χ1) is 16.2. The lowest BCUT2D eigenvalue weighted by molar-refractivity contribution is -0.116. The molecule has 0 bridgehead atoms. The number of amides is 3. The molecule has 0 unspecified atom stereocenters. The number of fused-ring (bicyclic) bond motifs is 1. The van der Waals surface area contributed by atoms with E-state index < -0.39 is 17.8 Å². The third kappa shape index (κ3) is 4.22. The van der Waals surface area contributed by atoms with Crippen LogP contribution in [0.2, 0.25) is 0 Å². The standard InChI is InChI=1S/C25H23N3O5S/c1-5-27(16(4)29)25-26-18(13-34-25)12-33-24(32)17-8-9-19-20(11-17)23(31)28(22(19)30)21-10-14(2)6-7-15(21)3/h6-11,13H,5,12H2,1-4H3. The number of aryl methyl sites for hydroxylation is 2. The maximum Gasteiger partial charge on any atom is 0.338 e. The van der Waals surface area contributed by atoms with E-state index in [0.717, 1.165) is 16.0 Å². The van der Waals surface area contributed by atoms with Crippen molar-refractivity contribution in [1.29, 1.82) is 0 Å². The van der Waals surface area contributed by atoms with E-state index in [1.54, 1.807) is 11.4 Å². The van der Waals surface area contributed by atoms with E-state index in [1.165, 1.54) is 41.4 Å². The van der Waals surface area contributed by atoms with E-state index in [-0.39, 0.29) is 29.2 Å². The van der Waals surface area contributed by atoms with Gasteiger partial charge in [-0.2, -0.15) is 0 Å². The molecule has 1 aromatic heterocycles. The summed E-state index contributed by atoms with van der Waals surface area (Å²) in [5.41, 5.74) is 3.34. The maximum absolute atomic E-state index is 13.1. The predicted octanol–water partition coefficient (Wildman–Crippen LogP) is 4.29. The van der Waals surface area contributed by atoms with Gasteiger partial charge >= 0.3 is 5.97 Å². The molecular weight excluding hydrogens is 454 g/mol. The summed E-state index contributed by atoms with van der Waals surface area (Å²) in [7, 11) is 0. The number of esters is 1. The molecule has 0 radical (unpaired) electrons. The molecule has 0 spiro atoms. The van der Waals surface area contributed by atoms with Crippen molar-refractivity contribution in [2.75, 3.05) is 16.3 Å². The average Bonchev–Trinajstić information content (AvgIpc) is 3.36. The van der Waals surface area contributed by atoms with E-state index in [9.17, 15) is 19.2 Å². The zero-order chi connectivity index (χ0) is 24.6. The first-order valence-electron chi connectivity index (χ1n) is 10.7. The van der Waals surface area contributed by atoms with Gasteiger partial charge in [0.15, 0.2) is 5.13 Å². The molecule has 4 rings (SSSR count). The van der Waals surface area contributed by atoms with E-state index in [0.29, 0.717) is 23.1 Å². The summed E-state index contributed by atoms with van der Waals surface area (Å²) in [6.45, 7) is 7.45. The van der Waals surface area contributed by atoms with Crippen LogP contribution in [-0.2, 0) is 16.1 Å². The molecule has 34 heavy (non-hydrogen) atoms. The number of aromatic nitrogens is 1. The molecule has 0 saturated carbocycles. The van der Waals surface area contributed by atoms with Crippen LogP contribution >= 0.6 is 11.3 Å². The van der Waals surface area contributed by atoms with Gasteiger partial charge in [0.1, 0.15) is 6.61 Å². The zero-order valence-electron chi connectivity index (χ0n) is 19.2. The highest BCUT2D eigenvalue weighted by Gasteiger charge is 2.38. The Hall–Kier alpha value is -3.85. The van der Waals surface area contributed by atoms with Crippen LogP contribution in [0.5, 0.6) is 0 Å². The zero-order valence-corrected chi connectivity index (χ0v) is 20.1. The van der Waals surface area contributed by atoms with Crippen molar-refractivity contribution in [3.8, 4) is 0 Å². The Kier molecular flexibility index (Phi) is 6.30. The van der Waals surface area contributed by atoms with E-state index in [1.807, 2.05) is 32.9 Å². The second-order valence-corrected chi connectivity index (χ2v) is 8.79. The number of benzene rings is 2. The van der Waals surface area contributed by atoms with E-state index >= 15 is 0 Å². The topological polar surface area (TPSA) is 96.9 Å². The minimum atomic E-state index is -0.637. The van der Waals surface area contributed by atoms with E-state index in [2.05, 4.69) is 4.98 Å². The number of carbonyl (C=O) groups excluding carboxylic acids is 4. The van der Waals surface area contributed by atoms with Crippen LogP contribution in [0, 0.1) is 13.8 Å². The molecule has 1 aliphatic rings. The van der Waals surface area contributed by atoms with Gasteiger partial charge in [0.25, 0.3) is 11.8 Å². The lowest BCUT2D eigenvalue weighted by Crippen LogP contribution is -2.30. The van der Waals surface area contributed by atoms with Crippen molar-refractivity contribution in [3.05, 3.63) is 75.3 Å². The van der Waals surface area contributed by atoms with Crippen molar-refractivity contribution < 1.29 is 23.9 Å². The van der Waals surface area contributed by atoms with Crippen molar-refractivity contribution in [2.24, 2.45) is 0 Å². The average molecular weight is 478 g/mol. The number of rotatable bonds is 6. The van der Waals surface area contributed by atoms with Gasteiger partial charge in [-0.15, -0.1) is 11.3 Å². The molecule has 3 amide bonds. The summed E-state index contributed by atoms with van der Waals surface area (Å²) in [6.07, 6.45) is 0. The van der Waals surface area contributed by atoms with Crippen LogP contribution in [0.3, 0.4) is 0 Å². The largest absolute Gasteiger partial charge is 0.456 e. The third-order valence-electron chi connectivity index (χ3n) is 5.55. The molecule has 8 nitrogen and oxygen atoms in total. The molecule has 9 heteroatoms. The summed E-state index contributed by atoms with van der Waals surface area (Å²) in [5.74, 6) is -1.65. The molecular formula is C25H23N3O5S. The molecule has 0 saturated heterocycles. The first kappa shape index (κ1) is 23.3. The number of imide groups is 1. The Morgan fingerprint density at radius 1 is 1.06 bits per heavy atom. The number of thiazole rings is 1. The second-order valence-electron chi connectivity index (χ2n) is 7.96. The molecule has 0 aliphatic carbocycles. The fraction of sp³-hybridized carbons (Fsp3) is 0.240. The number of nitrogens with zero attached hydrogens (tertiary/aromatic N) is 3. The van der Waals surface area contributed by atoms with Crippen molar-refractivity contribution >= 4 is 45.8 Å². The van der Waals surface area contributed by atoms with Crippen LogP contribution in [-0.4, -0.2) is 35.2 Å². The Morgan fingerprint density at radius 2 is 1.79 bits per heavy atom. The van der Waals surface area contributed by atoms with Crippen molar-refractivity contribution in [2.45, 2.75) is 34.3 Å². The summed E-state index contributed by atoms with van der Waals surface area (Å²) < 4.78 is 5.36. The summed E-state index contributed by atoms with van der Waals surface area (Å²) in [4.78, 5) is 57.4. The quantitative estimate of drug-likeness (QED) is 0.388. The predicted molar refractivity (Wildman–Crippen MR) is 128 cm³/mol. The number of ether oxygens (including phenoxy) is 1. The van der Waals surface area contributed by atoms with Crippen LogP contribution in [0.15, 0.2) is 41.8 Å². The Balaban J connectivity index is 1.51. The van der Waals surface area contributed by atoms with Gasteiger partial charge in [-0.25, -0.2) is 14.7 Å². The summed E-state index contributed by atoms with van der Waals surface area (Å²) in [5, 5.41) is 2.26. The van der Waals surface area contributed by atoms with E-state index in [4.69, 9.17) is 4.74 Å². The highest BCUT2D eigenvalue weighted by molar-refractivity contribution is 7.14. The first-order valence-corrected chi connectivity index (χ1v) is 11.6. The van der Waals surface area contributed by atoms with Crippen LogP contribution in [0.1, 0.15) is 61.7 Å². The minimum absolute atomic E-state index is 0.0800. The second kappa shape index (κ2) is 9.18. The lowest BCUT2D eigenvalue weighted by atomic mass is 10.1. The lowest BCUT2D eigenvalue weighted by Gasteiger charge is -2.17. The molecule has 2 heterocycles. The van der Waals surface area contributed by atoms with Gasteiger partial charge in [-0.05, 0) is 56.2 Å². The van der Waals surface area contributed by atoms with Gasteiger partial charge in [0.2, 0.25) is 5.91 Å². The fourth-order valence-corrected chi connectivity index (χ4v) is 4.67. The fourth-order valence-electron chi connectivity index (χ4n) is 3.75. The number of anilines is 2. The highest BCUT2D eigenvalue weighted by Crippen LogP contribution is 2.32. The van der Waals surface area contributed by atoms with Gasteiger partial charge < -0.3 is 4.74 Å². The van der Waals surface area contributed by atoms with Crippen LogP contribution in [0.4, 0.5) is 10.8 Å². The summed E-state index contributed by atoms with van der Waals surface area (Å²) in [6, 6.07) is 9.90. The minimum Gasteiger partial charge on any atom is -0.456 e. The Labute approximate surface area is 200 Å². The molecule has 3 aromatic rings. The maximum atomic E-state index is 13.1. The van der Waals surface area contributed by atoms with Crippen LogP contribution < -0.4 is 9.80 Å². The van der Waals surface area contributed by atoms with Gasteiger partial charge in [0, 0.05) is 18.8 Å². The normalized spacial score (nSPS) is 12.6. The Morgan fingerprint density at radius 3 is 2.50 bits per heavy atom. The molecule has 1 aliphatic heterocycles. The number of hydrogen-bond donors (Lipinski definition) is 0. The highest BCUT2D eigenvalue weighted by atomic mass is 32.1. The monoisotopic (exact) mass is 477 g/mol. The molecule has 2 aromatic carbocycles. The van der Waals surface area contributed by atoms with Gasteiger partial charge in [0.05, 0.1) is 28.1 Å². The third-order valence-corrected chi connectivity index (χ3v) is 6.46. The SMILES string of the molecule is CCN(C(C)=O)c1nc(COC(=O)c2ccc3c(c2)C(=O)N(c2cc(C)ccc2C)C3=O)cs1. The molecule has 0 fully saturated rings. The van der Waals surface area contributed by atoms with Crippen molar-refractivity contribution in [3.63, 3.8) is 0 Å². The summed E-state index contributed by atoms with van der Waals surface area (Å²) >= 11 is 1.29. The smallest absolute Gasteiger partial charge is 0.338 e. The Bertz CT molecular complexity index is 1330. The number of hydrogen-bond acceptors (Lipinski definition) is 7. The molecule has 0 atom stereocenters. The van der Waals surface area contributed by atoms with Gasteiger partial charge in [-0.3, -0.25) is 19.3 Å². The van der Waals surface area contributed by atoms with Crippen LogP contribution in [0.25, 0.3) is 0 Å². The van der Waals surface area contributed by atoms with Crippen molar-refractivity contribution in [1.82, 2.24) is 4.98 Å².